The molecule has 8 heteroatoms. The van der Waals surface area contributed by atoms with Crippen LogP contribution in [0.1, 0.15) is 10.5 Å². The Morgan fingerprint density at radius 1 is 0.960 bits per heavy atom. The van der Waals surface area contributed by atoms with Crippen molar-refractivity contribution in [3.63, 3.8) is 0 Å². The van der Waals surface area contributed by atoms with Gasteiger partial charge in [-0.1, -0.05) is 17.7 Å². The Morgan fingerprint density at radius 2 is 1.80 bits per heavy atom. The van der Waals surface area contributed by atoms with E-state index in [2.05, 4.69) is 20.6 Å². The van der Waals surface area contributed by atoms with Crippen molar-refractivity contribution in [2.24, 2.45) is 0 Å². The van der Waals surface area contributed by atoms with Gasteiger partial charge >= 0.3 is 0 Å². The monoisotopic (exact) mass is 360 g/mol. The highest BCUT2D eigenvalue weighted by Gasteiger charge is 2.10. The predicted molar refractivity (Wildman–Crippen MR) is 91.1 cm³/mol. The van der Waals surface area contributed by atoms with Crippen LogP contribution < -0.4 is 10.6 Å². The van der Waals surface area contributed by atoms with Crippen LogP contribution in [0.5, 0.6) is 0 Å². The number of hydrogen-bond acceptors (Lipinski definition) is 4. The molecule has 0 aliphatic rings. The zero-order valence-electron chi connectivity index (χ0n) is 12.6. The number of rotatable bonds is 4. The Balaban J connectivity index is 1.76. The Morgan fingerprint density at radius 3 is 2.56 bits per heavy atom. The van der Waals surface area contributed by atoms with Gasteiger partial charge in [0.15, 0.2) is 11.6 Å². The normalized spacial score (nSPS) is 10.4. The van der Waals surface area contributed by atoms with E-state index in [1.807, 2.05) is 0 Å². The molecule has 0 radical (unpaired) electrons. The minimum absolute atomic E-state index is 0.0973. The number of amides is 1. The van der Waals surface area contributed by atoms with Gasteiger partial charge < -0.3 is 10.6 Å². The number of hydrogen-bond donors (Lipinski definition) is 2. The highest BCUT2D eigenvalue weighted by atomic mass is 35.5. The van der Waals surface area contributed by atoms with E-state index >= 15 is 0 Å². The van der Waals surface area contributed by atoms with Crippen molar-refractivity contribution >= 4 is 34.7 Å². The van der Waals surface area contributed by atoms with Crippen molar-refractivity contribution in [1.82, 2.24) is 9.97 Å². The summed E-state index contributed by atoms with van der Waals surface area (Å²) >= 11 is 5.87. The average molecular weight is 361 g/mol. The molecule has 2 aromatic carbocycles. The fourth-order valence-electron chi connectivity index (χ4n) is 2.03. The molecule has 1 amide bonds. The maximum atomic E-state index is 13.2. The van der Waals surface area contributed by atoms with E-state index in [1.54, 1.807) is 24.3 Å². The van der Waals surface area contributed by atoms with Crippen LogP contribution in [-0.4, -0.2) is 15.9 Å². The summed E-state index contributed by atoms with van der Waals surface area (Å²) in [6, 6.07) is 11.4. The van der Waals surface area contributed by atoms with E-state index in [4.69, 9.17) is 11.6 Å². The van der Waals surface area contributed by atoms with Crippen LogP contribution in [-0.2, 0) is 0 Å². The van der Waals surface area contributed by atoms with Gasteiger partial charge in [0.1, 0.15) is 17.8 Å². The zero-order valence-corrected chi connectivity index (χ0v) is 13.4. The number of nitrogens with one attached hydrogen (secondary N) is 2. The lowest BCUT2D eigenvalue weighted by Crippen LogP contribution is -2.14. The minimum atomic E-state index is -0.988. The maximum absolute atomic E-state index is 13.2. The maximum Gasteiger partial charge on any atom is 0.274 e. The van der Waals surface area contributed by atoms with Gasteiger partial charge in [-0.05, 0) is 30.3 Å². The molecule has 1 aromatic heterocycles. The van der Waals surface area contributed by atoms with Gasteiger partial charge in [0.2, 0.25) is 0 Å². The molecule has 0 aliphatic heterocycles. The fourth-order valence-corrected chi connectivity index (χ4v) is 2.22. The Kier molecular flexibility index (Phi) is 4.85. The molecular weight excluding hydrogens is 350 g/mol. The van der Waals surface area contributed by atoms with Gasteiger partial charge in [-0.3, -0.25) is 4.79 Å². The van der Waals surface area contributed by atoms with Gasteiger partial charge in [-0.2, -0.15) is 0 Å². The van der Waals surface area contributed by atoms with E-state index in [1.165, 1.54) is 18.5 Å². The van der Waals surface area contributed by atoms with E-state index in [0.29, 0.717) is 16.4 Å². The Hall–Kier alpha value is -3.06. The first kappa shape index (κ1) is 16.8. The molecule has 3 aromatic rings. The first-order valence-electron chi connectivity index (χ1n) is 7.12. The summed E-state index contributed by atoms with van der Waals surface area (Å²) in [5.74, 6) is -2.14. The fraction of sp³-hybridized carbons (Fsp3) is 0. The van der Waals surface area contributed by atoms with Crippen molar-refractivity contribution in [1.29, 1.82) is 0 Å². The summed E-state index contributed by atoms with van der Waals surface area (Å²) in [7, 11) is 0. The summed E-state index contributed by atoms with van der Waals surface area (Å²) in [5, 5.41) is 5.92. The highest BCUT2D eigenvalue weighted by molar-refractivity contribution is 6.30. The third-order valence-electron chi connectivity index (χ3n) is 3.17. The highest BCUT2D eigenvalue weighted by Crippen LogP contribution is 2.19. The second-order valence-corrected chi connectivity index (χ2v) is 5.44. The predicted octanol–water partition coefficient (Wildman–Crippen LogP) is 4.40. The summed E-state index contributed by atoms with van der Waals surface area (Å²) in [5.41, 5.74) is 0.907. The lowest BCUT2D eigenvalue weighted by Gasteiger charge is -2.08. The van der Waals surface area contributed by atoms with Crippen molar-refractivity contribution in [3.05, 3.63) is 77.2 Å². The van der Waals surface area contributed by atoms with Crippen LogP contribution in [0.2, 0.25) is 5.02 Å². The van der Waals surface area contributed by atoms with Gasteiger partial charge in [0.05, 0.1) is 0 Å². The average Bonchev–Trinajstić information content (AvgIpc) is 2.58. The lowest BCUT2D eigenvalue weighted by atomic mass is 10.3. The van der Waals surface area contributed by atoms with Crippen LogP contribution >= 0.6 is 11.6 Å². The van der Waals surface area contributed by atoms with Crippen molar-refractivity contribution < 1.29 is 13.6 Å². The molecule has 2 N–H and O–H groups in total. The van der Waals surface area contributed by atoms with Gasteiger partial charge in [-0.15, -0.1) is 0 Å². The largest absolute Gasteiger partial charge is 0.340 e. The van der Waals surface area contributed by atoms with Crippen LogP contribution in [0.15, 0.2) is 54.9 Å². The molecule has 0 bridgehead atoms. The van der Waals surface area contributed by atoms with Crippen LogP contribution in [0.4, 0.5) is 26.0 Å². The second kappa shape index (κ2) is 7.23. The van der Waals surface area contributed by atoms with Crippen LogP contribution in [0.3, 0.4) is 0 Å². The Labute approximate surface area is 146 Å². The molecule has 0 unspecified atom stereocenters. The molecule has 126 valence electrons. The summed E-state index contributed by atoms with van der Waals surface area (Å²) in [6.45, 7) is 0. The van der Waals surface area contributed by atoms with E-state index in [9.17, 15) is 13.6 Å². The SMILES string of the molecule is O=C(Nc1cccc(Cl)c1)c1cc(Nc2ccc(F)c(F)c2)ncn1. The molecular formula is C17H11ClF2N4O. The van der Waals surface area contributed by atoms with E-state index in [-0.39, 0.29) is 11.5 Å². The number of benzene rings is 2. The molecule has 3 rings (SSSR count). The van der Waals surface area contributed by atoms with Crippen molar-refractivity contribution in [3.8, 4) is 0 Å². The number of carbonyl (C=O) groups excluding carboxylic acids is 1. The summed E-state index contributed by atoms with van der Waals surface area (Å²) in [4.78, 5) is 20.1. The molecule has 5 nitrogen and oxygen atoms in total. The molecule has 0 fully saturated rings. The van der Waals surface area contributed by atoms with Crippen LogP contribution in [0.25, 0.3) is 0 Å². The first-order chi connectivity index (χ1) is 12.0. The lowest BCUT2D eigenvalue weighted by molar-refractivity contribution is 0.102. The molecule has 25 heavy (non-hydrogen) atoms. The van der Waals surface area contributed by atoms with Crippen LogP contribution in [0, 0.1) is 11.6 Å². The summed E-state index contributed by atoms with van der Waals surface area (Å²) < 4.78 is 26.2. The summed E-state index contributed by atoms with van der Waals surface area (Å²) in [6.07, 6.45) is 1.19. The number of nitrogens with zero attached hydrogens (tertiary/aromatic N) is 2. The van der Waals surface area contributed by atoms with Crippen molar-refractivity contribution in [2.45, 2.75) is 0 Å². The first-order valence-corrected chi connectivity index (χ1v) is 7.50. The second-order valence-electron chi connectivity index (χ2n) is 5.01. The van der Waals surface area contributed by atoms with E-state index < -0.39 is 17.5 Å². The topological polar surface area (TPSA) is 66.9 Å². The van der Waals surface area contributed by atoms with Gasteiger partial charge in [-0.25, -0.2) is 18.7 Å². The molecule has 0 atom stereocenters. The van der Waals surface area contributed by atoms with E-state index in [0.717, 1.165) is 12.1 Å². The molecule has 1 heterocycles. The molecule has 0 aliphatic carbocycles. The number of anilines is 3. The quantitative estimate of drug-likeness (QED) is 0.723. The number of halogens is 3. The third kappa shape index (κ3) is 4.27. The molecule has 0 saturated heterocycles. The third-order valence-corrected chi connectivity index (χ3v) is 3.41. The standard InChI is InChI=1S/C17H11ClF2N4O/c18-10-2-1-3-11(6-10)24-17(25)15-8-16(22-9-21-15)23-12-4-5-13(19)14(20)7-12/h1-9H,(H,24,25)(H,21,22,23). The minimum Gasteiger partial charge on any atom is -0.340 e. The number of aromatic nitrogens is 2. The zero-order chi connectivity index (χ0) is 17.8. The van der Waals surface area contributed by atoms with Crippen molar-refractivity contribution in [2.75, 3.05) is 10.6 Å². The Bertz CT molecular complexity index is 936. The number of carbonyl (C=O) groups is 1. The smallest absolute Gasteiger partial charge is 0.274 e. The molecule has 0 spiro atoms. The van der Waals surface area contributed by atoms with Gasteiger partial charge in [0.25, 0.3) is 5.91 Å². The van der Waals surface area contributed by atoms with Gasteiger partial charge in [0, 0.05) is 28.5 Å². The molecule has 0 saturated carbocycles.